The molecule has 0 aromatic heterocycles. The lowest BCUT2D eigenvalue weighted by molar-refractivity contribution is 0.291. The van der Waals surface area contributed by atoms with E-state index in [4.69, 9.17) is 5.73 Å². The molecule has 0 radical (unpaired) electrons. The maximum absolute atomic E-state index is 14.1. The van der Waals surface area contributed by atoms with Gasteiger partial charge in [-0.2, -0.15) is 0 Å². The Labute approximate surface area is 94.7 Å². The van der Waals surface area contributed by atoms with Crippen molar-refractivity contribution < 1.29 is 4.39 Å². The Bertz CT molecular complexity index is 384. The van der Waals surface area contributed by atoms with E-state index in [9.17, 15) is 4.39 Å². The predicted molar refractivity (Wildman–Crippen MR) is 63.7 cm³/mol. The number of benzene rings is 2. The Kier molecular flexibility index (Phi) is 3.32. The normalized spacial score (nSPS) is 14.4. The number of alkyl halides is 1. The van der Waals surface area contributed by atoms with Crippen LogP contribution in [0.4, 0.5) is 4.39 Å². The first-order valence-electron chi connectivity index (χ1n) is 5.28. The van der Waals surface area contributed by atoms with Gasteiger partial charge in [-0.25, -0.2) is 4.39 Å². The molecule has 0 saturated heterocycles. The van der Waals surface area contributed by atoms with E-state index >= 15 is 0 Å². The molecule has 2 atom stereocenters. The summed E-state index contributed by atoms with van der Waals surface area (Å²) in [5.41, 5.74) is 7.34. The third-order valence-electron chi connectivity index (χ3n) is 2.62. The maximum Gasteiger partial charge on any atom is 0.144 e. The molecule has 0 heterocycles. The van der Waals surface area contributed by atoms with Gasteiger partial charge < -0.3 is 5.73 Å². The van der Waals surface area contributed by atoms with Crippen LogP contribution in [0.2, 0.25) is 0 Å². The van der Waals surface area contributed by atoms with Crippen LogP contribution in [0.3, 0.4) is 0 Å². The molecule has 2 rings (SSSR count). The molecule has 1 nitrogen and oxygen atoms in total. The van der Waals surface area contributed by atoms with Crippen LogP contribution in [0.15, 0.2) is 60.7 Å². The molecule has 0 spiro atoms. The van der Waals surface area contributed by atoms with Crippen LogP contribution in [0.1, 0.15) is 23.3 Å². The Morgan fingerprint density at radius 3 is 1.69 bits per heavy atom. The fraction of sp³-hybridized carbons (Fsp3) is 0.143. The molecule has 0 aliphatic heterocycles. The zero-order chi connectivity index (χ0) is 11.4. The minimum atomic E-state index is -1.16. The van der Waals surface area contributed by atoms with Gasteiger partial charge in [0.1, 0.15) is 6.17 Å². The van der Waals surface area contributed by atoms with Gasteiger partial charge in [0.2, 0.25) is 0 Å². The molecule has 2 heteroatoms. The summed E-state index contributed by atoms with van der Waals surface area (Å²) in [6.07, 6.45) is -1.16. The number of halogens is 1. The van der Waals surface area contributed by atoms with Gasteiger partial charge in [-0.05, 0) is 11.1 Å². The van der Waals surface area contributed by atoms with Crippen molar-refractivity contribution in [2.45, 2.75) is 12.2 Å². The highest BCUT2D eigenvalue weighted by Gasteiger charge is 2.19. The van der Waals surface area contributed by atoms with Crippen LogP contribution in [0, 0.1) is 0 Å². The first kappa shape index (κ1) is 10.8. The summed E-state index contributed by atoms with van der Waals surface area (Å²) in [5.74, 6) is 0. The second-order valence-corrected chi connectivity index (χ2v) is 3.75. The minimum absolute atomic E-state index is 0.608. The molecule has 0 unspecified atom stereocenters. The first-order valence-corrected chi connectivity index (χ1v) is 5.28. The van der Waals surface area contributed by atoms with Crippen LogP contribution in [-0.4, -0.2) is 0 Å². The lowest BCUT2D eigenvalue weighted by Crippen LogP contribution is -2.16. The van der Waals surface area contributed by atoms with Gasteiger partial charge in [-0.3, -0.25) is 0 Å². The number of hydrogen-bond acceptors (Lipinski definition) is 1. The highest BCUT2D eigenvalue weighted by Crippen LogP contribution is 2.29. The van der Waals surface area contributed by atoms with E-state index in [-0.39, 0.29) is 0 Å². The van der Waals surface area contributed by atoms with Gasteiger partial charge in [-0.1, -0.05) is 60.7 Å². The summed E-state index contributed by atoms with van der Waals surface area (Å²) in [6.45, 7) is 0. The number of nitrogens with two attached hydrogens (primary N) is 1. The molecule has 0 bridgehead atoms. The molecule has 0 saturated carbocycles. The first-order chi connectivity index (χ1) is 7.79. The van der Waals surface area contributed by atoms with E-state index in [0.29, 0.717) is 5.56 Å². The summed E-state index contributed by atoms with van der Waals surface area (Å²) in [5, 5.41) is 0. The fourth-order valence-electron chi connectivity index (χ4n) is 1.69. The van der Waals surface area contributed by atoms with Gasteiger partial charge >= 0.3 is 0 Å². The average molecular weight is 215 g/mol. The van der Waals surface area contributed by atoms with Crippen LogP contribution in [-0.2, 0) is 0 Å². The Morgan fingerprint density at radius 2 is 1.19 bits per heavy atom. The van der Waals surface area contributed by atoms with Crippen molar-refractivity contribution in [3.05, 3.63) is 71.8 Å². The molecule has 2 aromatic rings. The van der Waals surface area contributed by atoms with Crippen LogP contribution in [0.5, 0.6) is 0 Å². The van der Waals surface area contributed by atoms with Crippen molar-refractivity contribution in [1.29, 1.82) is 0 Å². The number of hydrogen-bond donors (Lipinski definition) is 1. The van der Waals surface area contributed by atoms with Crippen LogP contribution >= 0.6 is 0 Å². The SMILES string of the molecule is N[C@@H](c1ccccc1)[C@@H](F)c1ccccc1. The van der Waals surface area contributed by atoms with E-state index in [1.165, 1.54) is 0 Å². The molecule has 0 aliphatic carbocycles. The third kappa shape index (κ3) is 2.28. The van der Waals surface area contributed by atoms with Crippen LogP contribution < -0.4 is 5.73 Å². The standard InChI is InChI=1S/C14H14FN/c15-13(11-7-3-1-4-8-11)14(16)12-9-5-2-6-10-12/h1-10,13-14H,16H2/t13-,14-/m0/s1. The fourth-order valence-corrected chi connectivity index (χ4v) is 1.69. The summed E-state index contributed by atoms with van der Waals surface area (Å²) < 4.78 is 14.1. The van der Waals surface area contributed by atoms with Gasteiger partial charge in [0.05, 0.1) is 6.04 Å². The van der Waals surface area contributed by atoms with Gasteiger partial charge in [0, 0.05) is 0 Å². The van der Waals surface area contributed by atoms with E-state index in [1.54, 1.807) is 12.1 Å². The molecule has 0 aliphatic rings. The third-order valence-corrected chi connectivity index (χ3v) is 2.62. The average Bonchev–Trinajstić information content (AvgIpc) is 2.39. The van der Waals surface area contributed by atoms with Crippen molar-refractivity contribution in [3.63, 3.8) is 0 Å². The van der Waals surface area contributed by atoms with E-state index in [0.717, 1.165) is 5.56 Å². The second-order valence-electron chi connectivity index (χ2n) is 3.75. The number of rotatable bonds is 3. The molecule has 2 N–H and O–H groups in total. The van der Waals surface area contributed by atoms with E-state index in [1.807, 2.05) is 48.5 Å². The van der Waals surface area contributed by atoms with E-state index < -0.39 is 12.2 Å². The predicted octanol–water partition coefficient (Wildman–Crippen LogP) is 3.40. The van der Waals surface area contributed by atoms with Crippen molar-refractivity contribution in [3.8, 4) is 0 Å². The van der Waals surface area contributed by atoms with Crippen molar-refractivity contribution >= 4 is 0 Å². The molecular formula is C14H14FN. The molecule has 16 heavy (non-hydrogen) atoms. The topological polar surface area (TPSA) is 26.0 Å². The quantitative estimate of drug-likeness (QED) is 0.834. The Balaban J connectivity index is 2.20. The molecule has 0 fully saturated rings. The molecule has 2 aromatic carbocycles. The summed E-state index contributed by atoms with van der Waals surface area (Å²) in [7, 11) is 0. The monoisotopic (exact) mass is 215 g/mol. The smallest absolute Gasteiger partial charge is 0.144 e. The lowest BCUT2D eigenvalue weighted by Gasteiger charge is -2.17. The van der Waals surface area contributed by atoms with Gasteiger partial charge in [-0.15, -0.1) is 0 Å². The van der Waals surface area contributed by atoms with Crippen molar-refractivity contribution in [1.82, 2.24) is 0 Å². The minimum Gasteiger partial charge on any atom is -0.321 e. The summed E-state index contributed by atoms with van der Waals surface area (Å²) in [6, 6.07) is 17.7. The van der Waals surface area contributed by atoms with E-state index in [2.05, 4.69) is 0 Å². The zero-order valence-corrected chi connectivity index (χ0v) is 8.88. The molecule has 0 amide bonds. The molecular weight excluding hydrogens is 201 g/mol. The summed E-state index contributed by atoms with van der Waals surface area (Å²) >= 11 is 0. The Hall–Kier alpha value is -1.67. The largest absolute Gasteiger partial charge is 0.321 e. The van der Waals surface area contributed by atoms with Crippen LogP contribution in [0.25, 0.3) is 0 Å². The highest BCUT2D eigenvalue weighted by atomic mass is 19.1. The van der Waals surface area contributed by atoms with Crippen molar-refractivity contribution in [2.75, 3.05) is 0 Å². The maximum atomic E-state index is 14.1. The lowest BCUT2D eigenvalue weighted by atomic mass is 9.98. The summed E-state index contributed by atoms with van der Waals surface area (Å²) in [4.78, 5) is 0. The second kappa shape index (κ2) is 4.90. The zero-order valence-electron chi connectivity index (χ0n) is 8.88. The highest BCUT2D eigenvalue weighted by molar-refractivity contribution is 5.25. The van der Waals surface area contributed by atoms with Crippen molar-refractivity contribution in [2.24, 2.45) is 5.73 Å². The Morgan fingerprint density at radius 1 is 0.750 bits per heavy atom. The van der Waals surface area contributed by atoms with Gasteiger partial charge in [0.25, 0.3) is 0 Å². The molecule has 82 valence electrons. The van der Waals surface area contributed by atoms with Gasteiger partial charge in [0.15, 0.2) is 0 Å².